The van der Waals surface area contributed by atoms with Gasteiger partial charge in [-0.3, -0.25) is 0 Å². The van der Waals surface area contributed by atoms with Crippen molar-refractivity contribution in [3.63, 3.8) is 0 Å². The predicted molar refractivity (Wildman–Crippen MR) is 75.2 cm³/mol. The van der Waals surface area contributed by atoms with Gasteiger partial charge in [-0.25, -0.2) is 9.18 Å². The van der Waals surface area contributed by atoms with Crippen LogP contribution in [0, 0.1) is 23.6 Å². The van der Waals surface area contributed by atoms with Gasteiger partial charge in [-0.15, -0.1) is 0 Å². The number of esters is 1. The van der Waals surface area contributed by atoms with Crippen LogP contribution in [0.5, 0.6) is 0 Å². The van der Waals surface area contributed by atoms with E-state index in [0.29, 0.717) is 24.4 Å². The first kappa shape index (κ1) is 13.1. The molecule has 0 saturated heterocycles. The molecule has 104 valence electrons. The third-order valence-electron chi connectivity index (χ3n) is 4.14. The lowest BCUT2D eigenvalue weighted by Gasteiger charge is -2.17. The van der Waals surface area contributed by atoms with E-state index >= 15 is 0 Å². The van der Waals surface area contributed by atoms with Gasteiger partial charge in [0.25, 0.3) is 0 Å². The lowest BCUT2D eigenvalue weighted by atomic mass is 9.95. The fourth-order valence-corrected chi connectivity index (χ4v) is 3.06. The average molecular weight is 272 g/mol. The van der Waals surface area contributed by atoms with Gasteiger partial charge in [-0.1, -0.05) is 24.3 Å². The normalized spacial score (nSPS) is 27.4. The van der Waals surface area contributed by atoms with Crippen LogP contribution in [0.4, 0.5) is 4.39 Å². The lowest BCUT2D eigenvalue weighted by molar-refractivity contribution is -0.139. The molecule has 0 radical (unpaired) electrons. The summed E-state index contributed by atoms with van der Waals surface area (Å²) in [5, 5.41) is 0. The van der Waals surface area contributed by atoms with Gasteiger partial charge >= 0.3 is 5.97 Å². The fourth-order valence-electron chi connectivity index (χ4n) is 3.06. The van der Waals surface area contributed by atoms with Crippen LogP contribution in [-0.4, -0.2) is 12.6 Å². The maximum absolute atomic E-state index is 12.7. The number of benzene rings is 1. The lowest BCUT2D eigenvalue weighted by Crippen LogP contribution is -2.16. The van der Waals surface area contributed by atoms with Crippen molar-refractivity contribution in [1.82, 2.24) is 0 Å². The van der Waals surface area contributed by atoms with Crippen molar-refractivity contribution < 1.29 is 13.9 Å². The molecule has 2 nitrogen and oxygen atoms in total. The Hall–Kier alpha value is -1.90. The van der Waals surface area contributed by atoms with E-state index < -0.39 is 0 Å². The van der Waals surface area contributed by atoms with E-state index in [1.54, 1.807) is 18.2 Å². The second kappa shape index (κ2) is 5.61. The molecule has 1 aromatic carbocycles. The minimum Gasteiger partial charge on any atom is -0.462 e. The number of ether oxygens (including phenoxy) is 1. The van der Waals surface area contributed by atoms with Gasteiger partial charge in [0.15, 0.2) is 0 Å². The SMILES string of the molecule is O=C(/C=C/c1ccc(F)cc1)OCC1CC2C=CC1C2. The summed E-state index contributed by atoms with van der Waals surface area (Å²) in [6, 6.07) is 5.99. The van der Waals surface area contributed by atoms with E-state index in [4.69, 9.17) is 4.74 Å². The molecule has 0 N–H and O–H groups in total. The largest absolute Gasteiger partial charge is 0.462 e. The Morgan fingerprint density at radius 2 is 2.05 bits per heavy atom. The molecular formula is C17H17FO2. The number of allylic oxidation sites excluding steroid dienone is 2. The molecular weight excluding hydrogens is 255 g/mol. The summed E-state index contributed by atoms with van der Waals surface area (Å²) in [6.45, 7) is 0.498. The molecule has 0 spiro atoms. The third-order valence-corrected chi connectivity index (χ3v) is 4.14. The third kappa shape index (κ3) is 2.98. The van der Waals surface area contributed by atoms with Crippen LogP contribution in [0.3, 0.4) is 0 Å². The molecule has 0 amide bonds. The number of hydrogen-bond acceptors (Lipinski definition) is 2. The maximum atomic E-state index is 12.7. The summed E-state index contributed by atoms with van der Waals surface area (Å²) >= 11 is 0. The highest BCUT2D eigenvalue weighted by molar-refractivity contribution is 5.87. The number of rotatable bonds is 4. The second-order valence-corrected chi connectivity index (χ2v) is 5.56. The van der Waals surface area contributed by atoms with Crippen LogP contribution in [0.25, 0.3) is 6.08 Å². The van der Waals surface area contributed by atoms with Gasteiger partial charge < -0.3 is 4.74 Å². The highest BCUT2D eigenvalue weighted by atomic mass is 19.1. The van der Waals surface area contributed by atoms with E-state index in [2.05, 4.69) is 12.2 Å². The maximum Gasteiger partial charge on any atom is 0.330 e. The molecule has 20 heavy (non-hydrogen) atoms. The molecule has 0 aromatic heterocycles. The summed E-state index contributed by atoms with van der Waals surface area (Å²) in [7, 11) is 0. The highest BCUT2D eigenvalue weighted by Crippen LogP contribution is 2.43. The average Bonchev–Trinajstić information content (AvgIpc) is 3.07. The Kier molecular flexibility index (Phi) is 3.68. The van der Waals surface area contributed by atoms with Gasteiger partial charge in [0.1, 0.15) is 5.82 Å². The number of carbonyl (C=O) groups is 1. The second-order valence-electron chi connectivity index (χ2n) is 5.56. The van der Waals surface area contributed by atoms with Crippen molar-refractivity contribution in [1.29, 1.82) is 0 Å². The van der Waals surface area contributed by atoms with Crippen molar-refractivity contribution >= 4 is 12.0 Å². The Morgan fingerprint density at radius 3 is 2.70 bits per heavy atom. The molecule has 2 bridgehead atoms. The molecule has 1 saturated carbocycles. The van der Waals surface area contributed by atoms with Gasteiger partial charge in [-0.05, 0) is 54.4 Å². The summed E-state index contributed by atoms with van der Waals surface area (Å²) in [4.78, 5) is 11.6. The number of hydrogen-bond donors (Lipinski definition) is 0. The van der Waals surface area contributed by atoms with Gasteiger partial charge in [0.2, 0.25) is 0 Å². The van der Waals surface area contributed by atoms with E-state index in [1.807, 2.05) is 0 Å². The van der Waals surface area contributed by atoms with E-state index in [-0.39, 0.29) is 11.8 Å². The molecule has 3 atom stereocenters. The molecule has 1 aromatic rings. The van der Waals surface area contributed by atoms with E-state index in [1.165, 1.54) is 24.6 Å². The van der Waals surface area contributed by atoms with Crippen LogP contribution in [-0.2, 0) is 9.53 Å². The Balaban J connectivity index is 1.47. The topological polar surface area (TPSA) is 26.3 Å². The van der Waals surface area contributed by atoms with Gasteiger partial charge in [-0.2, -0.15) is 0 Å². The number of halogens is 1. The van der Waals surface area contributed by atoms with Crippen LogP contribution in [0.2, 0.25) is 0 Å². The van der Waals surface area contributed by atoms with Crippen molar-refractivity contribution in [3.8, 4) is 0 Å². The summed E-state index contributed by atoms with van der Waals surface area (Å²) < 4.78 is 18.0. The zero-order valence-electron chi connectivity index (χ0n) is 11.2. The van der Waals surface area contributed by atoms with Crippen molar-refractivity contribution in [2.24, 2.45) is 17.8 Å². The van der Waals surface area contributed by atoms with Crippen LogP contribution >= 0.6 is 0 Å². The van der Waals surface area contributed by atoms with Gasteiger partial charge in [0.05, 0.1) is 6.61 Å². The quantitative estimate of drug-likeness (QED) is 0.475. The first-order chi connectivity index (χ1) is 9.70. The Morgan fingerprint density at radius 1 is 1.25 bits per heavy atom. The van der Waals surface area contributed by atoms with E-state index in [0.717, 1.165) is 12.0 Å². The predicted octanol–water partition coefficient (Wildman–Crippen LogP) is 3.59. The highest BCUT2D eigenvalue weighted by Gasteiger charge is 2.35. The first-order valence-corrected chi connectivity index (χ1v) is 6.99. The molecule has 3 rings (SSSR count). The minimum atomic E-state index is -0.332. The minimum absolute atomic E-state index is 0.283. The molecule has 1 fully saturated rings. The molecule has 0 aliphatic heterocycles. The summed E-state index contributed by atoms with van der Waals surface area (Å²) in [5.41, 5.74) is 0.784. The van der Waals surface area contributed by atoms with Gasteiger partial charge in [0, 0.05) is 6.08 Å². The zero-order valence-corrected chi connectivity index (χ0v) is 11.2. The van der Waals surface area contributed by atoms with E-state index in [9.17, 15) is 9.18 Å². The van der Waals surface area contributed by atoms with Crippen molar-refractivity contribution in [2.75, 3.05) is 6.61 Å². The van der Waals surface area contributed by atoms with Crippen LogP contribution < -0.4 is 0 Å². The molecule has 3 heteroatoms. The monoisotopic (exact) mass is 272 g/mol. The Bertz CT molecular complexity index is 545. The fraction of sp³-hybridized carbons (Fsp3) is 0.353. The number of carbonyl (C=O) groups excluding carboxylic acids is 1. The smallest absolute Gasteiger partial charge is 0.330 e. The Labute approximate surface area is 117 Å². The first-order valence-electron chi connectivity index (χ1n) is 6.99. The van der Waals surface area contributed by atoms with Crippen molar-refractivity contribution in [2.45, 2.75) is 12.8 Å². The zero-order chi connectivity index (χ0) is 13.9. The summed E-state index contributed by atoms with van der Waals surface area (Å²) in [6.07, 6.45) is 9.92. The standard InChI is InChI=1S/C17H17FO2/c18-16-6-2-12(3-7-16)4-8-17(19)20-11-15-10-13-1-5-14(15)9-13/h1-8,13-15H,9-11H2/b8-4+. The number of fused-ring (bicyclic) bond motifs is 2. The molecule has 0 heterocycles. The molecule has 2 aliphatic carbocycles. The van der Waals surface area contributed by atoms with Crippen LogP contribution in [0.15, 0.2) is 42.5 Å². The molecule has 3 unspecified atom stereocenters. The van der Waals surface area contributed by atoms with Crippen molar-refractivity contribution in [3.05, 3.63) is 53.9 Å². The van der Waals surface area contributed by atoms with Crippen LogP contribution in [0.1, 0.15) is 18.4 Å². The summed E-state index contributed by atoms with van der Waals surface area (Å²) in [5.74, 6) is 1.15. The molecule has 2 aliphatic rings.